The predicted molar refractivity (Wildman–Crippen MR) is 103 cm³/mol. The molecule has 140 valence electrons. The van der Waals surface area contributed by atoms with Crippen molar-refractivity contribution in [2.24, 2.45) is 5.92 Å². The molecule has 0 aliphatic carbocycles. The minimum absolute atomic E-state index is 0.306. The van der Waals surface area contributed by atoms with Crippen molar-refractivity contribution in [2.75, 3.05) is 24.3 Å². The Kier molecular flexibility index (Phi) is 5.12. The fraction of sp³-hybridized carbons (Fsp3) is 0.200. The zero-order valence-corrected chi connectivity index (χ0v) is 15.1. The first kappa shape index (κ1) is 18.4. The Balaban J connectivity index is 1.87. The van der Waals surface area contributed by atoms with Gasteiger partial charge in [-0.2, -0.15) is 0 Å². The SMILES string of the molecule is C=C1NC(=O)N[C@@H](c2ccc(N(C)C)cc2)[C@@H]1C(=O)Nc1ccc(F)cc1. The van der Waals surface area contributed by atoms with Crippen molar-refractivity contribution in [3.63, 3.8) is 0 Å². The second-order valence-corrected chi connectivity index (χ2v) is 6.56. The van der Waals surface area contributed by atoms with E-state index in [1.54, 1.807) is 0 Å². The number of nitrogens with one attached hydrogen (secondary N) is 3. The first-order valence-corrected chi connectivity index (χ1v) is 8.45. The summed E-state index contributed by atoms with van der Waals surface area (Å²) in [5.74, 6) is -1.46. The summed E-state index contributed by atoms with van der Waals surface area (Å²) in [4.78, 5) is 26.8. The molecule has 3 rings (SSSR count). The molecule has 0 radical (unpaired) electrons. The summed E-state index contributed by atoms with van der Waals surface area (Å²) in [6, 6.07) is 12.1. The third-order valence-electron chi connectivity index (χ3n) is 4.43. The topological polar surface area (TPSA) is 73.5 Å². The summed E-state index contributed by atoms with van der Waals surface area (Å²) in [6.45, 7) is 3.84. The van der Waals surface area contributed by atoms with Crippen LogP contribution in [0.5, 0.6) is 0 Å². The Bertz CT molecular complexity index is 863. The predicted octanol–water partition coefficient (Wildman–Crippen LogP) is 3.01. The molecule has 2 aromatic carbocycles. The van der Waals surface area contributed by atoms with Gasteiger partial charge in [-0.05, 0) is 42.0 Å². The van der Waals surface area contributed by atoms with E-state index in [9.17, 15) is 14.0 Å². The Morgan fingerprint density at radius 3 is 2.33 bits per heavy atom. The highest BCUT2D eigenvalue weighted by atomic mass is 19.1. The van der Waals surface area contributed by atoms with Crippen LogP contribution >= 0.6 is 0 Å². The maximum absolute atomic E-state index is 13.1. The summed E-state index contributed by atoms with van der Waals surface area (Å²) in [5, 5.41) is 8.10. The fourth-order valence-corrected chi connectivity index (χ4v) is 3.00. The molecule has 0 aromatic heterocycles. The minimum atomic E-state index is -0.724. The van der Waals surface area contributed by atoms with Gasteiger partial charge in [-0.3, -0.25) is 4.79 Å². The molecule has 3 N–H and O–H groups in total. The molecule has 1 aliphatic heterocycles. The van der Waals surface area contributed by atoms with Gasteiger partial charge in [-0.1, -0.05) is 18.7 Å². The zero-order valence-electron chi connectivity index (χ0n) is 15.1. The fourth-order valence-electron chi connectivity index (χ4n) is 3.00. The summed E-state index contributed by atoms with van der Waals surface area (Å²) < 4.78 is 13.1. The molecule has 0 unspecified atom stereocenters. The van der Waals surface area contributed by atoms with Gasteiger partial charge in [-0.25, -0.2) is 9.18 Å². The van der Waals surface area contributed by atoms with E-state index in [0.29, 0.717) is 11.4 Å². The van der Waals surface area contributed by atoms with Gasteiger partial charge in [-0.15, -0.1) is 0 Å². The highest BCUT2D eigenvalue weighted by Crippen LogP contribution is 2.31. The van der Waals surface area contributed by atoms with Crippen LogP contribution in [0.3, 0.4) is 0 Å². The lowest BCUT2D eigenvalue weighted by atomic mass is 9.88. The Morgan fingerprint density at radius 1 is 1.11 bits per heavy atom. The van der Waals surface area contributed by atoms with Gasteiger partial charge in [0.2, 0.25) is 5.91 Å². The summed E-state index contributed by atoms with van der Waals surface area (Å²) >= 11 is 0. The number of amides is 3. The maximum atomic E-state index is 13.1. The normalized spacial score (nSPS) is 19.1. The Labute approximate surface area is 157 Å². The quantitative estimate of drug-likeness (QED) is 0.777. The molecule has 6 nitrogen and oxygen atoms in total. The number of carbonyl (C=O) groups is 2. The van der Waals surface area contributed by atoms with Crippen molar-refractivity contribution in [1.29, 1.82) is 0 Å². The van der Waals surface area contributed by atoms with E-state index in [1.807, 2.05) is 43.3 Å². The second kappa shape index (κ2) is 7.49. The maximum Gasteiger partial charge on any atom is 0.319 e. The molecular weight excluding hydrogens is 347 g/mol. The Morgan fingerprint density at radius 2 is 1.74 bits per heavy atom. The molecule has 7 heteroatoms. The van der Waals surface area contributed by atoms with E-state index in [-0.39, 0.29) is 11.7 Å². The molecule has 2 aromatic rings. The number of nitrogens with zero attached hydrogens (tertiary/aromatic N) is 1. The van der Waals surface area contributed by atoms with Gasteiger partial charge in [0, 0.05) is 31.2 Å². The van der Waals surface area contributed by atoms with Crippen LogP contribution < -0.4 is 20.9 Å². The standard InChI is InChI=1S/C20H21FN4O2/c1-12-17(19(26)23-15-8-6-14(21)7-9-15)18(24-20(27)22-12)13-4-10-16(11-5-13)25(2)3/h4-11,17-18H,1H2,2-3H3,(H,23,26)(H2,22,24,27)/t17-,18+/m1/s1. The highest BCUT2D eigenvalue weighted by molar-refractivity contribution is 5.97. The average molecular weight is 368 g/mol. The van der Waals surface area contributed by atoms with Gasteiger partial charge in [0.05, 0.1) is 6.04 Å². The third kappa shape index (κ3) is 4.08. The molecule has 1 fully saturated rings. The van der Waals surface area contributed by atoms with E-state index < -0.39 is 18.0 Å². The van der Waals surface area contributed by atoms with Crippen molar-refractivity contribution in [1.82, 2.24) is 10.6 Å². The van der Waals surface area contributed by atoms with Crippen molar-refractivity contribution in [2.45, 2.75) is 6.04 Å². The van der Waals surface area contributed by atoms with E-state index in [4.69, 9.17) is 0 Å². The number of urea groups is 1. The number of rotatable bonds is 4. The lowest BCUT2D eigenvalue weighted by Gasteiger charge is -2.34. The van der Waals surface area contributed by atoms with Gasteiger partial charge in [0.1, 0.15) is 11.7 Å². The van der Waals surface area contributed by atoms with Crippen molar-refractivity contribution >= 4 is 23.3 Å². The first-order chi connectivity index (χ1) is 12.8. The van der Waals surface area contributed by atoms with Crippen LogP contribution in [0, 0.1) is 11.7 Å². The molecular formula is C20H21FN4O2. The summed E-state index contributed by atoms with van der Waals surface area (Å²) in [7, 11) is 3.87. The molecule has 0 saturated carbocycles. The van der Waals surface area contributed by atoms with Crippen LogP contribution in [0.4, 0.5) is 20.6 Å². The van der Waals surface area contributed by atoms with Crippen LogP contribution in [-0.2, 0) is 4.79 Å². The zero-order chi connectivity index (χ0) is 19.6. The number of hydrogen-bond donors (Lipinski definition) is 3. The van der Waals surface area contributed by atoms with Crippen LogP contribution in [0.25, 0.3) is 0 Å². The Hall–Kier alpha value is -3.35. The summed E-state index contributed by atoms with van der Waals surface area (Å²) in [6.07, 6.45) is 0. The monoisotopic (exact) mass is 368 g/mol. The van der Waals surface area contributed by atoms with E-state index in [2.05, 4.69) is 22.5 Å². The largest absolute Gasteiger partial charge is 0.378 e. The smallest absolute Gasteiger partial charge is 0.319 e. The lowest BCUT2D eigenvalue weighted by Crippen LogP contribution is -2.51. The lowest BCUT2D eigenvalue weighted by molar-refractivity contribution is -0.119. The first-order valence-electron chi connectivity index (χ1n) is 8.45. The third-order valence-corrected chi connectivity index (χ3v) is 4.43. The molecule has 1 heterocycles. The summed E-state index contributed by atoms with van der Waals surface area (Å²) in [5.41, 5.74) is 2.56. The molecule has 1 saturated heterocycles. The highest BCUT2D eigenvalue weighted by Gasteiger charge is 2.37. The minimum Gasteiger partial charge on any atom is -0.378 e. The van der Waals surface area contributed by atoms with Crippen molar-refractivity contribution < 1.29 is 14.0 Å². The number of halogens is 1. The van der Waals surface area contributed by atoms with Crippen LogP contribution in [-0.4, -0.2) is 26.0 Å². The molecule has 1 aliphatic rings. The number of hydrogen-bond acceptors (Lipinski definition) is 3. The van der Waals surface area contributed by atoms with Crippen molar-refractivity contribution in [3.05, 3.63) is 72.2 Å². The molecule has 3 amide bonds. The molecule has 27 heavy (non-hydrogen) atoms. The van der Waals surface area contributed by atoms with E-state index >= 15 is 0 Å². The van der Waals surface area contributed by atoms with Gasteiger partial charge in [0.25, 0.3) is 0 Å². The van der Waals surface area contributed by atoms with Crippen LogP contribution in [0.15, 0.2) is 60.8 Å². The van der Waals surface area contributed by atoms with E-state index in [0.717, 1.165) is 11.3 Å². The average Bonchev–Trinajstić information content (AvgIpc) is 2.63. The number of benzene rings is 2. The molecule has 0 spiro atoms. The van der Waals surface area contributed by atoms with Crippen LogP contribution in [0.1, 0.15) is 11.6 Å². The van der Waals surface area contributed by atoms with E-state index in [1.165, 1.54) is 24.3 Å². The van der Waals surface area contributed by atoms with Crippen LogP contribution in [0.2, 0.25) is 0 Å². The molecule has 0 bridgehead atoms. The van der Waals surface area contributed by atoms with Gasteiger partial charge in [0.15, 0.2) is 0 Å². The van der Waals surface area contributed by atoms with Crippen molar-refractivity contribution in [3.8, 4) is 0 Å². The second-order valence-electron chi connectivity index (χ2n) is 6.56. The molecule has 2 atom stereocenters. The number of carbonyl (C=O) groups excluding carboxylic acids is 2. The number of anilines is 2. The van der Waals surface area contributed by atoms with Gasteiger partial charge < -0.3 is 20.9 Å². The van der Waals surface area contributed by atoms with Gasteiger partial charge >= 0.3 is 6.03 Å².